The molecular weight excluding hydrogens is 274 g/mol. The van der Waals surface area contributed by atoms with Gasteiger partial charge in [0.1, 0.15) is 11.2 Å². The molecule has 0 aliphatic carbocycles. The SMILES string of the molecule is CCc1ccc(CC2(O)CN(C(=O)OC(C)(C)C)C2)s1. The largest absolute Gasteiger partial charge is 0.444 e. The molecule has 0 unspecified atom stereocenters. The van der Waals surface area contributed by atoms with Gasteiger partial charge in [0, 0.05) is 16.2 Å². The molecule has 1 aliphatic heterocycles. The first kappa shape index (κ1) is 15.3. The van der Waals surface area contributed by atoms with Crippen LogP contribution in [0.1, 0.15) is 37.4 Å². The van der Waals surface area contributed by atoms with E-state index in [1.54, 1.807) is 16.2 Å². The van der Waals surface area contributed by atoms with Crippen molar-refractivity contribution in [2.24, 2.45) is 0 Å². The van der Waals surface area contributed by atoms with Crippen LogP contribution in [-0.2, 0) is 17.6 Å². The van der Waals surface area contributed by atoms with E-state index in [4.69, 9.17) is 4.74 Å². The second-order valence-electron chi connectivity index (χ2n) is 6.46. The van der Waals surface area contributed by atoms with Crippen LogP contribution in [0.2, 0.25) is 0 Å². The molecule has 0 saturated carbocycles. The number of aryl methyl sites for hydroxylation is 1. The van der Waals surface area contributed by atoms with Gasteiger partial charge in [0.15, 0.2) is 0 Å². The maximum Gasteiger partial charge on any atom is 0.410 e. The second-order valence-corrected chi connectivity index (χ2v) is 7.71. The number of rotatable bonds is 3. The molecule has 1 aromatic heterocycles. The number of likely N-dealkylation sites (tertiary alicyclic amines) is 1. The highest BCUT2D eigenvalue weighted by atomic mass is 32.1. The third kappa shape index (κ3) is 3.73. The number of nitrogens with zero attached hydrogens (tertiary/aromatic N) is 1. The van der Waals surface area contributed by atoms with Gasteiger partial charge in [-0.3, -0.25) is 0 Å². The minimum absolute atomic E-state index is 0.345. The van der Waals surface area contributed by atoms with Gasteiger partial charge in [0.05, 0.1) is 13.1 Å². The Balaban J connectivity index is 1.86. The maximum atomic E-state index is 11.8. The van der Waals surface area contributed by atoms with E-state index in [-0.39, 0.29) is 6.09 Å². The Kier molecular flexibility index (Phi) is 4.12. The smallest absolute Gasteiger partial charge is 0.410 e. The number of ether oxygens (including phenoxy) is 1. The molecule has 0 radical (unpaired) electrons. The van der Waals surface area contributed by atoms with Crippen LogP contribution >= 0.6 is 11.3 Å². The standard InChI is InChI=1S/C15H23NO3S/c1-5-11-6-7-12(20-11)8-15(18)9-16(10-15)13(17)19-14(2,3)4/h6-7,18H,5,8-10H2,1-4H3. The lowest BCUT2D eigenvalue weighted by Gasteiger charge is -2.46. The van der Waals surface area contributed by atoms with Crippen LogP contribution in [0.4, 0.5) is 4.79 Å². The van der Waals surface area contributed by atoms with Gasteiger partial charge in [0.2, 0.25) is 0 Å². The average molecular weight is 297 g/mol. The van der Waals surface area contributed by atoms with E-state index in [0.29, 0.717) is 19.5 Å². The van der Waals surface area contributed by atoms with Gasteiger partial charge in [-0.15, -0.1) is 11.3 Å². The Labute approximate surface area is 124 Å². The number of thiophene rings is 1. The van der Waals surface area contributed by atoms with Gasteiger partial charge in [-0.25, -0.2) is 4.79 Å². The van der Waals surface area contributed by atoms with Crippen molar-refractivity contribution >= 4 is 17.4 Å². The van der Waals surface area contributed by atoms with Gasteiger partial charge < -0.3 is 14.7 Å². The first-order valence-electron chi connectivity index (χ1n) is 6.99. The van der Waals surface area contributed by atoms with Gasteiger partial charge in [0.25, 0.3) is 0 Å². The van der Waals surface area contributed by atoms with Crippen LogP contribution in [0.3, 0.4) is 0 Å². The summed E-state index contributed by atoms with van der Waals surface area (Å²) in [6.07, 6.45) is 1.28. The van der Waals surface area contributed by atoms with Crippen LogP contribution in [0.5, 0.6) is 0 Å². The molecule has 0 atom stereocenters. The lowest BCUT2D eigenvalue weighted by molar-refractivity contribution is -0.0969. The number of β-amino-alcohol motifs (C(OH)–C–C–N with tert-alkyl or cyclic N) is 1. The summed E-state index contributed by atoms with van der Waals surface area (Å²) < 4.78 is 5.29. The van der Waals surface area contributed by atoms with E-state index in [9.17, 15) is 9.90 Å². The van der Waals surface area contributed by atoms with E-state index in [1.807, 2.05) is 20.8 Å². The predicted octanol–water partition coefficient (Wildman–Crippen LogP) is 2.83. The molecule has 5 heteroatoms. The van der Waals surface area contributed by atoms with Gasteiger partial charge in [-0.05, 0) is 39.3 Å². The van der Waals surface area contributed by atoms with E-state index < -0.39 is 11.2 Å². The summed E-state index contributed by atoms with van der Waals surface area (Å²) in [6.45, 7) is 8.35. The molecule has 4 nitrogen and oxygen atoms in total. The molecule has 1 aliphatic rings. The molecule has 0 spiro atoms. The number of carbonyl (C=O) groups excluding carboxylic acids is 1. The first-order valence-corrected chi connectivity index (χ1v) is 7.80. The van der Waals surface area contributed by atoms with Crippen molar-refractivity contribution < 1.29 is 14.6 Å². The highest BCUT2D eigenvalue weighted by molar-refractivity contribution is 7.12. The maximum absolute atomic E-state index is 11.8. The molecule has 1 aromatic rings. The second kappa shape index (κ2) is 5.37. The quantitative estimate of drug-likeness (QED) is 0.933. The zero-order valence-corrected chi connectivity index (χ0v) is 13.4. The van der Waals surface area contributed by atoms with Crippen LogP contribution in [0.25, 0.3) is 0 Å². The van der Waals surface area contributed by atoms with Gasteiger partial charge in [-0.2, -0.15) is 0 Å². The summed E-state index contributed by atoms with van der Waals surface area (Å²) in [5, 5.41) is 10.4. The van der Waals surface area contributed by atoms with Crippen LogP contribution in [-0.4, -0.2) is 40.4 Å². The number of carbonyl (C=O) groups is 1. The Morgan fingerprint density at radius 2 is 2.00 bits per heavy atom. The summed E-state index contributed by atoms with van der Waals surface area (Å²) in [4.78, 5) is 15.9. The van der Waals surface area contributed by atoms with Crippen molar-refractivity contribution in [3.05, 3.63) is 21.9 Å². The Bertz CT molecular complexity index is 484. The molecule has 0 bridgehead atoms. The molecule has 112 valence electrons. The van der Waals surface area contributed by atoms with Crippen LogP contribution < -0.4 is 0 Å². The molecule has 2 rings (SSSR count). The minimum Gasteiger partial charge on any atom is -0.444 e. The van der Waals surface area contributed by atoms with Gasteiger partial charge in [-0.1, -0.05) is 6.92 Å². The molecule has 0 aromatic carbocycles. The zero-order valence-electron chi connectivity index (χ0n) is 12.6. The number of aliphatic hydroxyl groups is 1. The molecule has 1 amide bonds. The number of hydrogen-bond acceptors (Lipinski definition) is 4. The monoisotopic (exact) mass is 297 g/mol. The Morgan fingerprint density at radius 3 is 2.50 bits per heavy atom. The van der Waals surface area contributed by atoms with E-state index in [0.717, 1.165) is 6.42 Å². The van der Waals surface area contributed by atoms with Crippen molar-refractivity contribution in [2.75, 3.05) is 13.1 Å². The third-order valence-corrected chi connectivity index (χ3v) is 4.42. The van der Waals surface area contributed by atoms with Gasteiger partial charge >= 0.3 is 6.09 Å². The van der Waals surface area contributed by atoms with E-state index in [1.165, 1.54) is 9.75 Å². The van der Waals surface area contributed by atoms with Crippen molar-refractivity contribution in [2.45, 2.75) is 51.7 Å². The number of hydrogen-bond donors (Lipinski definition) is 1. The minimum atomic E-state index is -0.799. The van der Waals surface area contributed by atoms with Crippen molar-refractivity contribution in [3.8, 4) is 0 Å². The summed E-state index contributed by atoms with van der Waals surface area (Å²) in [5.74, 6) is 0. The van der Waals surface area contributed by atoms with E-state index in [2.05, 4.69) is 19.1 Å². The molecular formula is C15H23NO3S. The van der Waals surface area contributed by atoms with Crippen molar-refractivity contribution in [1.82, 2.24) is 4.90 Å². The Hall–Kier alpha value is -1.07. The first-order chi connectivity index (χ1) is 9.21. The van der Waals surface area contributed by atoms with Crippen molar-refractivity contribution in [1.29, 1.82) is 0 Å². The normalized spacial score (nSPS) is 17.8. The summed E-state index contributed by atoms with van der Waals surface area (Å²) in [5.41, 5.74) is -1.29. The molecule has 1 saturated heterocycles. The fraction of sp³-hybridized carbons (Fsp3) is 0.667. The van der Waals surface area contributed by atoms with Crippen molar-refractivity contribution in [3.63, 3.8) is 0 Å². The summed E-state index contributed by atoms with van der Waals surface area (Å²) >= 11 is 1.73. The lowest BCUT2D eigenvalue weighted by atomic mass is 9.90. The molecule has 2 heterocycles. The van der Waals surface area contributed by atoms with E-state index >= 15 is 0 Å². The highest BCUT2D eigenvalue weighted by Gasteiger charge is 2.45. The molecule has 1 N–H and O–H groups in total. The molecule has 1 fully saturated rings. The average Bonchev–Trinajstić information content (AvgIpc) is 2.70. The fourth-order valence-electron chi connectivity index (χ4n) is 2.26. The summed E-state index contributed by atoms with van der Waals surface area (Å²) in [6, 6.07) is 4.17. The highest BCUT2D eigenvalue weighted by Crippen LogP contribution is 2.29. The zero-order chi connectivity index (χ0) is 15.0. The topological polar surface area (TPSA) is 49.8 Å². The number of amides is 1. The Morgan fingerprint density at radius 1 is 1.40 bits per heavy atom. The molecule has 20 heavy (non-hydrogen) atoms. The predicted molar refractivity (Wildman–Crippen MR) is 80.2 cm³/mol. The fourth-order valence-corrected chi connectivity index (χ4v) is 3.36. The lowest BCUT2D eigenvalue weighted by Crippen LogP contribution is -2.65. The summed E-state index contributed by atoms with van der Waals surface area (Å²) in [7, 11) is 0. The van der Waals surface area contributed by atoms with Crippen LogP contribution in [0.15, 0.2) is 12.1 Å². The van der Waals surface area contributed by atoms with Crippen LogP contribution in [0, 0.1) is 0 Å². The third-order valence-electron chi connectivity index (χ3n) is 3.19.